The van der Waals surface area contributed by atoms with Crippen LogP contribution in [0.5, 0.6) is 0 Å². The van der Waals surface area contributed by atoms with E-state index in [0.29, 0.717) is 22.1 Å². The summed E-state index contributed by atoms with van der Waals surface area (Å²) >= 11 is 9.41. The number of benzene rings is 2. The van der Waals surface area contributed by atoms with Gasteiger partial charge in [-0.2, -0.15) is 0 Å². The van der Waals surface area contributed by atoms with Gasteiger partial charge in [0.25, 0.3) is 5.91 Å². The lowest BCUT2D eigenvalue weighted by atomic mass is 10.2. The van der Waals surface area contributed by atoms with Gasteiger partial charge in [0, 0.05) is 9.86 Å². The fourth-order valence-corrected chi connectivity index (χ4v) is 2.80. The molecule has 3 aromatic rings. The van der Waals surface area contributed by atoms with Crippen molar-refractivity contribution in [3.63, 3.8) is 0 Å². The summed E-state index contributed by atoms with van der Waals surface area (Å²) in [5, 5.41) is 4.13. The molecule has 3 rings (SSSR count). The maximum Gasteiger partial charge on any atom is 0.272 e. The number of aromatic amines is 1. The Morgan fingerprint density at radius 3 is 2.76 bits per heavy atom. The number of H-pyrrole nitrogens is 1. The second-order valence-corrected chi connectivity index (χ2v) is 5.90. The number of hydrogen-bond donors (Lipinski definition) is 3. The van der Waals surface area contributed by atoms with E-state index in [0.717, 1.165) is 15.4 Å². The summed E-state index contributed by atoms with van der Waals surface area (Å²) in [6, 6.07) is 12.6. The Kier molecular flexibility index (Phi) is 3.61. The summed E-state index contributed by atoms with van der Waals surface area (Å²) in [6.45, 7) is 0. The van der Waals surface area contributed by atoms with Gasteiger partial charge in [-0.1, -0.05) is 39.7 Å². The maximum absolute atomic E-state index is 12.3. The molecule has 0 radical (unpaired) electrons. The van der Waals surface area contributed by atoms with Crippen molar-refractivity contribution in [2.75, 3.05) is 11.1 Å². The van der Waals surface area contributed by atoms with Gasteiger partial charge in [0.2, 0.25) is 0 Å². The second-order valence-electron chi connectivity index (χ2n) is 4.57. The molecule has 1 amide bonds. The van der Waals surface area contributed by atoms with Crippen molar-refractivity contribution in [2.24, 2.45) is 0 Å². The monoisotopic (exact) mass is 363 g/mol. The van der Waals surface area contributed by atoms with Crippen LogP contribution in [0.4, 0.5) is 11.4 Å². The molecule has 0 atom stereocenters. The molecule has 0 aliphatic carbocycles. The first-order valence-electron chi connectivity index (χ1n) is 6.18. The summed E-state index contributed by atoms with van der Waals surface area (Å²) in [6.07, 6.45) is 0. The van der Waals surface area contributed by atoms with E-state index in [1.54, 1.807) is 24.3 Å². The van der Waals surface area contributed by atoms with Crippen LogP contribution in [0.2, 0.25) is 5.02 Å². The van der Waals surface area contributed by atoms with Crippen molar-refractivity contribution in [3.8, 4) is 0 Å². The normalized spacial score (nSPS) is 10.8. The smallest absolute Gasteiger partial charge is 0.272 e. The lowest BCUT2D eigenvalue weighted by Gasteiger charge is -2.06. The molecule has 4 N–H and O–H groups in total. The molecule has 21 heavy (non-hydrogen) atoms. The van der Waals surface area contributed by atoms with Crippen LogP contribution in [0.15, 0.2) is 46.9 Å². The Morgan fingerprint density at radius 2 is 2.05 bits per heavy atom. The first kappa shape index (κ1) is 14.0. The van der Waals surface area contributed by atoms with Crippen molar-refractivity contribution in [3.05, 3.63) is 57.7 Å². The molecule has 1 heterocycles. The van der Waals surface area contributed by atoms with E-state index < -0.39 is 0 Å². The van der Waals surface area contributed by atoms with Crippen LogP contribution < -0.4 is 11.1 Å². The molecule has 0 unspecified atom stereocenters. The molecule has 0 bridgehead atoms. The number of nitrogens with one attached hydrogen (secondary N) is 2. The summed E-state index contributed by atoms with van der Waals surface area (Å²) in [5.74, 6) is -0.269. The third-order valence-electron chi connectivity index (χ3n) is 3.11. The molecule has 6 heteroatoms. The highest BCUT2D eigenvalue weighted by atomic mass is 79.9. The molecule has 106 valence electrons. The van der Waals surface area contributed by atoms with Gasteiger partial charge in [-0.3, -0.25) is 4.79 Å². The molecule has 1 aromatic heterocycles. The standard InChI is InChI=1S/C15H11BrClN3O/c16-9-4-5-12(10(17)7-9)20-15(21)13-6-8-2-1-3-11(18)14(8)19-13/h1-7,19H,18H2,(H,20,21). The average molecular weight is 365 g/mol. The number of para-hydroxylation sites is 1. The number of hydrogen-bond acceptors (Lipinski definition) is 2. The first-order chi connectivity index (χ1) is 10.0. The number of carbonyl (C=O) groups is 1. The minimum atomic E-state index is -0.269. The zero-order valence-electron chi connectivity index (χ0n) is 10.8. The van der Waals surface area contributed by atoms with Gasteiger partial charge in [0.05, 0.1) is 21.9 Å². The number of fused-ring (bicyclic) bond motifs is 1. The molecule has 0 saturated carbocycles. The molecule has 0 aliphatic heterocycles. The lowest BCUT2D eigenvalue weighted by Crippen LogP contribution is -2.12. The number of nitrogen functional groups attached to an aromatic ring is 1. The van der Waals surface area contributed by atoms with E-state index in [1.165, 1.54) is 0 Å². The van der Waals surface area contributed by atoms with Gasteiger partial charge in [-0.25, -0.2) is 0 Å². The number of amides is 1. The van der Waals surface area contributed by atoms with Crippen LogP contribution in [0, 0.1) is 0 Å². The predicted octanol–water partition coefficient (Wildman–Crippen LogP) is 4.42. The molecule has 4 nitrogen and oxygen atoms in total. The minimum Gasteiger partial charge on any atom is -0.397 e. The zero-order valence-corrected chi connectivity index (χ0v) is 13.1. The van der Waals surface area contributed by atoms with E-state index in [2.05, 4.69) is 26.2 Å². The number of carbonyl (C=O) groups excluding carboxylic acids is 1. The summed E-state index contributed by atoms with van der Waals surface area (Å²) in [4.78, 5) is 15.3. The molecule has 0 fully saturated rings. The molecular formula is C15H11BrClN3O. The van der Waals surface area contributed by atoms with Crippen molar-refractivity contribution >= 4 is 55.7 Å². The van der Waals surface area contributed by atoms with Gasteiger partial charge in [-0.05, 0) is 30.3 Å². The zero-order chi connectivity index (χ0) is 15.0. The Hall–Kier alpha value is -1.98. The van der Waals surface area contributed by atoms with Crippen LogP contribution in [0.25, 0.3) is 10.9 Å². The highest BCUT2D eigenvalue weighted by molar-refractivity contribution is 9.10. The number of anilines is 2. The van der Waals surface area contributed by atoms with Crippen LogP contribution in [-0.2, 0) is 0 Å². The first-order valence-corrected chi connectivity index (χ1v) is 7.35. The summed E-state index contributed by atoms with van der Waals surface area (Å²) in [5.41, 5.74) is 8.22. The highest BCUT2D eigenvalue weighted by Gasteiger charge is 2.12. The molecule has 0 saturated heterocycles. The van der Waals surface area contributed by atoms with Crippen LogP contribution in [-0.4, -0.2) is 10.9 Å². The van der Waals surface area contributed by atoms with Gasteiger partial charge >= 0.3 is 0 Å². The Balaban J connectivity index is 1.92. The van der Waals surface area contributed by atoms with Gasteiger partial charge < -0.3 is 16.0 Å². The SMILES string of the molecule is Nc1cccc2cc(C(=O)Nc3ccc(Br)cc3Cl)[nH]c12. The number of halogens is 2. The van der Waals surface area contributed by atoms with Crippen molar-refractivity contribution in [2.45, 2.75) is 0 Å². The Labute approximate surface area is 134 Å². The van der Waals surface area contributed by atoms with Crippen LogP contribution in [0.1, 0.15) is 10.5 Å². The highest BCUT2D eigenvalue weighted by Crippen LogP contribution is 2.27. The second kappa shape index (κ2) is 5.42. The summed E-state index contributed by atoms with van der Waals surface area (Å²) < 4.78 is 0.851. The van der Waals surface area contributed by atoms with E-state index in [-0.39, 0.29) is 5.91 Å². The van der Waals surface area contributed by atoms with Crippen molar-refractivity contribution in [1.29, 1.82) is 0 Å². The quantitative estimate of drug-likeness (QED) is 0.589. The third kappa shape index (κ3) is 2.75. The molecule has 0 spiro atoms. The molecule has 2 aromatic carbocycles. The van der Waals surface area contributed by atoms with Crippen molar-refractivity contribution in [1.82, 2.24) is 4.98 Å². The number of aromatic nitrogens is 1. The van der Waals surface area contributed by atoms with E-state index in [9.17, 15) is 4.79 Å². The maximum atomic E-state index is 12.3. The van der Waals surface area contributed by atoms with Gasteiger partial charge in [0.15, 0.2) is 0 Å². The molecular weight excluding hydrogens is 354 g/mol. The van der Waals surface area contributed by atoms with Crippen LogP contribution >= 0.6 is 27.5 Å². The fraction of sp³-hybridized carbons (Fsp3) is 0. The largest absolute Gasteiger partial charge is 0.397 e. The topological polar surface area (TPSA) is 70.9 Å². The third-order valence-corrected chi connectivity index (χ3v) is 3.92. The minimum absolute atomic E-state index is 0.269. The average Bonchev–Trinajstić information content (AvgIpc) is 2.87. The van der Waals surface area contributed by atoms with Crippen molar-refractivity contribution < 1.29 is 4.79 Å². The molecule has 0 aliphatic rings. The fourth-order valence-electron chi connectivity index (χ4n) is 2.08. The Morgan fingerprint density at radius 1 is 1.24 bits per heavy atom. The summed E-state index contributed by atoms with van der Waals surface area (Å²) in [7, 11) is 0. The predicted molar refractivity (Wildman–Crippen MR) is 89.8 cm³/mol. The number of nitrogens with two attached hydrogens (primary N) is 1. The van der Waals surface area contributed by atoms with E-state index in [4.69, 9.17) is 17.3 Å². The lowest BCUT2D eigenvalue weighted by molar-refractivity contribution is 0.102. The van der Waals surface area contributed by atoms with E-state index >= 15 is 0 Å². The van der Waals surface area contributed by atoms with Gasteiger partial charge in [0.1, 0.15) is 5.69 Å². The van der Waals surface area contributed by atoms with E-state index in [1.807, 2.05) is 18.2 Å². The van der Waals surface area contributed by atoms with Crippen LogP contribution in [0.3, 0.4) is 0 Å². The van der Waals surface area contributed by atoms with Gasteiger partial charge in [-0.15, -0.1) is 0 Å². The number of rotatable bonds is 2. The Bertz CT molecular complexity index is 844.